The molecule has 0 radical (unpaired) electrons. The molecule has 1 aliphatic heterocycles. The molecule has 1 aromatic carbocycles. The summed E-state index contributed by atoms with van der Waals surface area (Å²) in [6, 6.07) is 4.75. The number of halogens is 3. The van der Waals surface area contributed by atoms with Crippen molar-refractivity contribution < 1.29 is 13.2 Å². The van der Waals surface area contributed by atoms with Gasteiger partial charge in [-0.3, -0.25) is 13.9 Å². The van der Waals surface area contributed by atoms with E-state index in [1.54, 1.807) is 12.1 Å². The smallest absolute Gasteiger partial charge is 0.341 e. The van der Waals surface area contributed by atoms with Gasteiger partial charge in [0, 0.05) is 19.8 Å². The Labute approximate surface area is 135 Å². The van der Waals surface area contributed by atoms with E-state index >= 15 is 0 Å². The van der Waals surface area contributed by atoms with Crippen molar-refractivity contribution in [2.45, 2.75) is 25.4 Å². The molecule has 1 atom stereocenters. The lowest BCUT2D eigenvalue weighted by Gasteiger charge is -2.31. The first-order valence-electron chi connectivity index (χ1n) is 7.43. The number of hydrogen-bond acceptors (Lipinski definition) is 3. The molecule has 24 heavy (non-hydrogen) atoms. The van der Waals surface area contributed by atoms with Crippen LogP contribution < -0.4 is 16.6 Å². The van der Waals surface area contributed by atoms with E-state index in [1.165, 1.54) is 20.2 Å². The highest BCUT2D eigenvalue weighted by molar-refractivity contribution is 5.72. The molecular weight excluding hydrogens is 323 g/mol. The van der Waals surface area contributed by atoms with Crippen molar-refractivity contribution in [1.29, 1.82) is 0 Å². The second-order valence-electron chi connectivity index (χ2n) is 5.84. The van der Waals surface area contributed by atoms with Gasteiger partial charge in [-0.2, -0.15) is 13.2 Å². The van der Waals surface area contributed by atoms with Crippen LogP contribution in [-0.4, -0.2) is 15.3 Å². The summed E-state index contributed by atoms with van der Waals surface area (Å²) in [4.78, 5) is 24.5. The van der Waals surface area contributed by atoms with Gasteiger partial charge in [0.15, 0.2) is 0 Å². The molecule has 5 nitrogen and oxygen atoms in total. The molecule has 0 spiro atoms. The van der Waals surface area contributed by atoms with Crippen molar-refractivity contribution in [3.8, 4) is 0 Å². The van der Waals surface area contributed by atoms with Gasteiger partial charge in [-0.1, -0.05) is 19.1 Å². The normalized spacial score (nSPS) is 16.3. The zero-order valence-corrected chi connectivity index (χ0v) is 13.4. The maximum Gasteiger partial charge on any atom is 0.400 e. The first kappa shape index (κ1) is 16.4. The predicted molar refractivity (Wildman–Crippen MR) is 83.9 cm³/mol. The maximum absolute atomic E-state index is 13.8. The number of anilines is 2. The Morgan fingerprint density at radius 2 is 1.83 bits per heavy atom. The number of nitrogens with zero attached hydrogens (tertiary/aromatic N) is 2. The van der Waals surface area contributed by atoms with Gasteiger partial charge in [-0.05, 0) is 23.6 Å². The van der Waals surface area contributed by atoms with Gasteiger partial charge in [-0.15, -0.1) is 0 Å². The van der Waals surface area contributed by atoms with Crippen LogP contribution in [0.3, 0.4) is 0 Å². The zero-order valence-electron chi connectivity index (χ0n) is 13.4. The summed E-state index contributed by atoms with van der Waals surface area (Å²) in [7, 11) is 2.52. The highest BCUT2D eigenvalue weighted by atomic mass is 19.4. The average Bonchev–Trinajstić information content (AvgIpc) is 2.54. The summed E-state index contributed by atoms with van der Waals surface area (Å²) in [5, 5.41) is 2.82. The van der Waals surface area contributed by atoms with Crippen molar-refractivity contribution in [1.82, 2.24) is 9.13 Å². The third-order valence-electron chi connectivity index (χ3n) is 4.40. The topological polar surface area (TPSA) is 56.0 Å². The minimum Gasteiger partial charge on any atom is -0.341 e. The van der Waals surface area contributed by atoms with Crippen LogP contribution in [0.4, 0.5) is 24.7 Å². The Balaban J connectivity index is 2.41. The molecule has 128 valence electrons. The third-order valence-corrected chi connectivity index (χ3v) is 4.40. The summed E-state index contributed by atoms with van der Waals surface area (Å²) < 4.78 is 43.2. The SMILES string of the molecule is CCc1ccc2c(c1)C(C(F)(F)F)c1c(n(C)c(=O)n(C)c1=O)N2. The van der Waals surface area contributed by atoms with Crippen LogP contribution in [0.5, 0.6) is 0 Å². The summed E-state index contributed by atoms with van der Waals surface area (Å²) in [5.74, 6) is -2.18. The minimum atomic E-state index is -4.65. The summed E-state index contributed by atoms with van der Waals surface area (Å²) in [6.07, 6.45) is -4.07. The van der Waals surface area contributed by atoms with E-state index in [9.17, 15) is 22.8 Å². The first-order chi connectivity index (χ1) is 11.2. The predicted octanol–water partition coefficient (Wildman–Crippen LogP) is 2.40. The summed E-state index contributed by atoms with van der Waals surface area (Å²) in [6.45, 7) is 1.84. The number of alkyl halides is 3. The van der Waals surface area contributed by atoms with Gasteiger partial charge in [0.25, 0.3) is 5.56 Å². The van der Waals surface area contributed by atoms with Crippen LogP contribution in [0.2, 0.25) is 0 Å². The molecule has 0 bridgehead atoms. The number of fused-ring (bicyclic) bond motifs is 2. The molecule has 2 heterocycles. The summed E-state index contributed by atoms with van der Waals surface area (Å²) >= 11 is 0. The molecular formula is C16H16F3N3O2. The Bertz CT molecular complexity index is 941. The van der Waals surface area contributed by atoms with Gasteiger partial charge in [0.1, 0.15) is 11.7 Å². The van der Waals surface area contributed by atoms with Gasteiger partial charge in [0.05, 0.1) is 5.56 Å². The highest BCUT2D eigenvalue weighted by Crippen LogP contribution is 2.47. The molecule has 0 saturated carbocycles. The second kappa shape index (κ2) is 5.25. The van der Waals surface area contributed by atoms with Gasteiger partial charge >= 0.3 is 11.9 Å². The van der Waals surface area contributed by atoms with Crippen molar-refractivity contribution in [2.75, 3.05) is 5.32 Å². The standard InChI is InChI=1S/C16H16F3N3O2/c1-4-8-5-6-10-9(7-8)12(16(17,18)19)11-13(20-10)21(2)15(24)22(3)14(11)23/h5-7,12,20H,4H2,1-3H3. The quantitative estimate of drug-likeness (QED) is 0.868. The molecule has 3 rings (SSSR count). The molecule has 1 aromatic heterocycles. The number of nitrogens with one attached hydrogen (secondary N) is 1. The van der Waals surface area contributed by atoms with Crippen molar-refractivity contribution in [2.24, 2.45) is 14.1 Å². The Morgan fingerprint density at radius 3 is 2.42 bits per heavy atom. The number of hydrogen-bond donors (Lipinski definition) is 1. The second-order valence-corrected chi connectivity index (χ2v) is 5.84. The lowest BCUT2D eigenvalue weighted by Crippen LogP contribution is -2.44. The number of benzene rings is 1. The number of aromatic nitrogens is 2. The van der Waals surface area contributed by atoms with Crippen LogP contribution in [0, 0.1) is 0 Å². The van der Waals surface area contributed by atoms with Gasteiger partial charge in [0.2, 0.25) is 0 Å². The van der Waals surface area contributed by atoms with E-state index in [1.807, 2.05) is 6.92 Å². The number of aryl methyl sites for hydroxylation is 1. The Kier molecular flexibility index (Phi) is 3.58. The molecule has 0 fully saturated rings. The fourth-order valence-corrected chi connectivity index (χ4v) is 3.09. The van der Waals surface area contributed by atoms with E-state index in [2.05, 4.69) is 5.32 Å². The fourth-order valence-electron chi connectivity index (χ4n) is 3.09. The van der Waals surface area contributed by atoms with E-state index in [-0.39, 0.29) is 17.1 Å². The van der Waals surface area contributed by atoms with E-state index < -0.39 is 28.9 Å². The third kappa shape index (κ3) is 2.24. The minimum absolute atomic E-state index is 0.00472. The highest BCUT2D eigenvalue weighted by Gasteiger charge is 2.48. The van der Waals surface area contributed by atoms with Crippen LogP contribution >= 0.6 is 0 Å². The first-order valence-corrected chi connectivity index (χ1v) is 7.43. The van der Waals surface area contributed by atoms with Gasteiger partial charge < -0.3 is 5.32 Å². The lowest BCUT2D eigenvalue weighted by molar-refractivity contribution is -0.141. The Morgan fingerprint density at radius 1 is 1.17 bits per heavy atom. The number of rotatable bonds is 1. The fraction of sp³-hybridized carbons (Fsp3) is 0.375. The molecule has 1 N–H and O–H groups in total. The summed E-state index contributed by atoms with van der Waals surface area (Å²) in [5.41, 5.74) is -1.06. The van der Waals surface area contributed by atoms with Crippen molar-refractivity contribution >= 4 is 11.5 Å². The lowest BCUT2D eigenvalue weighted by atomic mass is 9.86. The molecule has 2 aromatic rings. The average molecular weight is 339 g/mol. The van der Waals surface area contributed by atoms with E-state index in [4.69, 9.17) is 0 Å². The molecule has 8 heteroatoms. The van der Waals surface area contributed by atoms with Crippen LogP contribution in [0.15, 0.2) is 27.8 Å². The zero-order chi connectivity index (χ0) is 17.8. The van der Waals surface area contributed by atoms with Crippen molar-refractivity contribution in [3.05, 3.63) is 55.7 Å². The molecule has 0 saturated heterocycles. The molecule has 1 aliphatic rings. The van der Waals surface area contributed by atoms with E-state index in [0.29, 0.717) is 11.0 Å². The maximum atomic E-state index is 13.8. The largest absolute Gasteiger partial charge is 0.400 e. The van der Waals surface area contributed by atoms with Crippen LogP contribution in [0.1, 0.15) is 29.5 Å². The van der Waals surface area contributed by atoms with Crippen LogP contribution in [0.25, 0.3) is 0 Å². The Hall–Kier alpha value is -2.51. The molecule has 0 amide bonds. The van der Waals surface area contributed by atoms with E-state index in [0.717, 1.165) is 10.1 Å². The van der Waals surface area contributed by atoms with Gasteiger partial charge in [-0.25, -0.2) is 4.79 Å². The van der Waals surface area contributed by atoms with Crippen molar-refractivity contribution in [3.63, 3.8) is 0 Å². The van der Waals surface area contributed by atoms with Crippen LogP contribution in [-0.2, 0) is 20.5 Å². The monoisotopic (exact) mass is 339 g/mol. The molecule has 0 aliphatic carbocycles. The molecule has 1 unspecified atom stereocenters.